The van der Waals surface area contributed by atoms with Crippen molar-refractivity contribution in [2.45, 2.75) is 38.1 Å². The molecule has 6 nitrogen and oxygen atoms in total. The summed E-state index contributed by atoms with van der Waals surface area (Å²) in [6.07, 6.45) is 2.13. The summed E-state index contributed by atoms with van der Waals surface area (Å²) >= 11 is 0. The van der Waals surface area contributed by atoms with Crippen molar-refractivity contribution in [2.24, 2.45) is 10.7 Å². The van der Waals surface area contributed by atoms with Gasteiger partial charge in [0.15, 0.2) is 5.96 Å². The molecule has 6 heteroatoms. The molecule has 0 aromatic rings. The van der Waals surface area contributed by atoms with E-state index in [0.29, 0.717) is 19.1 Å². The van der Waals surface area contributed by atoms with Crippen LogP contribution in [0.5, 0.6) is 0 Å². The molecule has 0 amide bonds. The summed E-state index contributed by atoms with van der Waals surface area (Å²) < 4.78 is 11.1. The maximum atomic E-state index is 8.99. The first-order valence-corrected chi connectivity index (χ1v) is 6.62. The summed E-state index contributed by atoms with van der Waals surface area (Å²) in [5, 5.41) is 8.99. The molecule has 0 bridgehead atoms. The lowest BCUT2D eigenvalue weighted by Gasteiger charge is -2.32. The highest BCUT2D eigenvalue weighted by molar-refractivity contribution is 5.78. The molecular weight excluding hydrogens is 234 g/mol. The van der Waals surface area contributed by atoms with E-state index in [-0.39, 0.29) is 24.9 Å². The number of aliphatic hydroxyl groups is 1. The first-order valence-electron chi connectivity index (χ1n) is 6.62. The molecule has 2 aliphatic heterocycles. The van der Waals surface area contributed by atoms with Gasteiger partial charge in [-0.15, -0.1) is 0 Å². The molecular formula is C12H23N3O3. The second-order valence-electron chi connectivity index (χ2n) is 4.97. The van der Waals surface area contributed by atoms with E-state index < -0.39 is 0 Å². The third-order valence-electron chi connectivity index (χ3n) is 3.42. The number of hydrogen-bond acceptors (Lipinski definition) is 4. The van der Waals surface area contributed by atoms with Gasteiger partial charge in [0.05, 0.1) is 38.1 Å². The lowest BCUT2D eigenvalue weighted by atomic mass is 10.2. The van der Waals surface area contributed by atoms with Gasteiger partial charge in [-0.3, -0.25) is 4.99 Å². The standard InChI is InChI=1S/C12H23N3O3/c1-9-7-15(4-5-17-9)12(13)14-6-10-2-3-11(8-16)18-10/h9-11,16H,2-8H2,1H3,(H2,13,14)/t9?,10-,11+/m1/s1. The number of aliphatic hydroxyl groups excluding tert-OH is 1. The molecule has 0 aliphatic carbocycles. The van der Waals surface area contributed by atoms with Gasteiger partial charge in [-0.05, 0) is 19.8 Å². The maximum absolute atomic E-state index is 8.99. The molecule has 3 N–H and O–H groups in total. The first-order chi connectivity index (χ1) is 8.69. The Balaban J connectivity index is 1.78. The minimum Gasteiger partial charge on any atom is -0.394 e. The van der Waals surface area contributed by atoms with Crippen LogP contribution in [-0.2, 0) is 9.47 Å². The number of rotatable bonds is 3. The van der Waals surface area contributed by atoms with Gasteiger partial charge < -0.3 is 25.2 Å². The largest absolute Gasteiger partial charge is 0.394 e. The third-order valence-corrected chi connectivity index (χ3v) is 3.42. The number of aliphatic imine (C=N–C) groups is 1. The van der Waals surface area contributed by atoms with Gasteiger partial charge in [-0.1, -0.05) is 0 Å². The number of morpholine rings is 1. The van der Waals surface area contributed by atoms with E-state index in [9.17, 15) is 0 Å². The molecule has 0 radical (unpaired) electrons. The summed E-state index contributed by atoms with van der Waals surface area (Å²) in [6.45, 7) is 4.99. The van der Waals surface area contributed by atoms with E-state index in [0.717, 1.165) is 25.9 Å². The minimum atomic E-state index is -0.0187. The molecule has 0 aromatic heterocycles. The monoisotopic (exact) mass is 257 g/mol. The van der Waals surface area contributed by atoms with Crippen LogP contribution in [0.15, 0.2) is 4.99 Å². The summed E-state index contributed by atoms with van der Waals surface area (Å²) in [7, 11) is 0. The van der Waals surface area contributed by atoms with Crippen LogP contribution in [0.1, 0.15) is 19.8 Å². The highest BCUT2D eigenvalue weighted by Crippen LogP contribution is 2.19. The van der Waals surface area contributed by atoms with Crippen LogP contribution in [0.2, 0.25) is 0 Å². The molecule has 2 aliphatic rings. The second kappa shape index (κ2) is 6.36. The fraction of sp³-hybridized carbons (Fsp3) is 0.917. The number of hydrogen-bond donors (Lipinski definition) is 2. The van der Waals surface area contributed by atoms with Crippen LogP contribution in [0.3, 0.4) is 0 Å². The molecule has 18 heavy (non-hydrogen) atoms. The van der Waals surface area contributed by atoms with E-state index in [2.05, 4.69) is 4.99 Å². The van der Waals surface area contributed by atoms with E-state index in [4.69, 9.17) is 20.3 Å². The first kappa shape index (κ1) is 13.6. The van der Waals surface area contributed by atoms with Gasteiger partial charge in [0, 0.05) is 13.1 Å². The second-order valence-corrected chi connectivity index (χ2v) is 4.97. The average Bonchev–Trinajstić information content (AvgIpc) is 2.84. The maximum Gasteiger partial charge on any atom is 0.191 e. The minimum absolute atomic E-state index is 0.0187. The van der Waals surface area contributed by atoms with E-state index in [1.807, 2.05) is 11.8 Å². The van der Waals surface area contributed by atoms with Gasteiger partial charge in [-0.25, -0.2) is 0 Å². The van der Waals surface area contributed by atoms with Crippen LogP contribution in [-0.4, -0.2) is 67.1 Å². The topological polar surface area (TPSA) is 80.3 Å². The van der Waals surface area contributed by atoms with Gasteiger partial charge in [0.1, 0.15) is 0 Å². The molecule has 104 valence electrons. The SMILES string of the molecule is CC1CN(C(N)=NC[C@H]2CC[C@@H](CO)O2)CCO1. The Morgan fingerprint density at radius 3 is 2.89 bits per heavy atom. The van der Waals surface area contributed by atoms with Crippen LogP contribution in [0.4, 0.5) is 0 Å². The highest BCUT2D eigenvalue weighted by atomic mass is 16.5. The summed E-state index contributed by atoms with van der Waals surface area (Å²) in [4.78, 5) is 6.44. The molecule has 2 rings (SSSR count). The van der Waals surface area contributed by atoms with E-state index >= 15 is 0 Å². The van der Waals surface area contributed by atoms with Crippen molar-refractivity contribution in [2.75, 3.05) is 32.8 Å². The molecule has 2 fully saturated rings. The Morgan fingerprint density at radius 1 is 1.44 bits per heavy atom. The molecule has 0 saturated carbocycles. The number of ether oxygens (including phenoxy) is 2. The molecule has 3 atom stereocenters. The van der Waals surface area contributed by atoms with Crippen molar-refractivity contribution in [1.29, 1.82) is 0 Å². The Hall–Kier alpha value is -0.850. The number of nitrogens with zero attached hydrogens (tertiary/aromatic N) is 2. The Bertz CT molecular complexity index is 298. The van der Waals surface area contributed by atoms with Crippen LogP contribution >= 0.6 is 0 Å². The van der Waals surface area contributed by atoms with Gasteiger partial charge in [-0.2, -0.15) is 0 Å². The predicted molar refractivity (Wildman–Crippen MR) is 68.5 cm³/mol. The smallest absolute Gasteiger partial charge is 0.191 e. The fourth-order valence-electron chi connectivity index (χ4n) is 2.37. The zero-order chi connectivity index (χ0) is 13.0. The lowest BCUT2D eigenvalue weighted by molar-refractivity contribution is 0.00452. The zero-order valence-corrected chi connectivity index (χ0v) is 10.9. The van der Waals surface area contributed by atoms with Crippen LogP contribution in [0.25, 0.3) is 0 Å². The normalized spacial score (nSPS) is 34.0. The van der Waals surface area contributed by atoms with Crippen molar-refractivity contribution in [3.8, 4) is 0 Å². The summed E-state index contributed by atoms with van der Waals surface area (Å²) in [6, 6.07) is 0. The summed E-state index contributed by atoms with van der Waals surface area (Å²) in [5.41, 5.74) is 5.97. The Labute approximate surface area is 108 Å². The molecule has 2 heterocycles. The fourth-order valence-corrected chi connectivity index (χ4v) is 2.37. The Kier molecular flexibility index (Phi) is 4.79. The number of guanidine groups is 1. The summed E-state index contributed by atoms with van der Waals surface area (Å²) in [5.74, 6) is 0.571. The number of nitrogens with two attached hydrogens (primary N) is 1. The van der Waals surface area contributed by atoms with Crippen LogP contribution in [0, 0.1) is 0 Å². The Morgan fingerprint density at radius 2 is 2.22 bits per heavy atom. The molecule has 0 aromatic carbocycles. The highest BCUT2D eigenvalue weighted by Gasteiger charge is 2.24. The van der Waals surface area contributed by atoms with Crippen molar-refractivity contribution >= 4 is 5.96 Å². The molecule has 0 spiro atoms. The predicted octanol–water partition coefficient (Wildman–Crippen LogP) is -0.438. The molecule has 2 saturated heterocycles. The zero-order valence-electron chi connectivity index (χ0n) is 10.9. The van der Waals surface area contributed by atoms with Crippen molar-refractivity contribution in [1.82, 2.24) is 4.90 Å². The lowest BCUT2D eigenvalue weighted by Crippen LogP contribution is -2.48. The van der Waals surface area contributed by atoms with E-state index in [1.165, 1.54) is 0 Å². The van der Waals surface area contributed by atoms with Gasteiger partial charge >= 0.3 is 0 Å². The van der Waals surface area contributed by atoms with Crippen molar-refractivity contribution in [3.63, 3.8) is 0 Å². The average molecular weight is 257 g/mol. The van der Waals surface area contributed by atoms with Gasteiger partial charge in [0.2, 0.25) is 0 Å². The molecule has 1 unspecified atom stereocenters. The van der Waals surface area contributed by atoms with Crippen molar-refractivity contribution in [3.05, 3.63) is 0 Å². The van der Waals surface area contributed by atoms with Crippen molar-refractivity contribution < 1.29 is 14.6 Å². The quantitative estimate of drug-likeness (QED) is 0.529. The van der Waals surface area contributed by atoms with Crippen LogP contribution < -0.4 is 5.73 Å². The third kappa shape index (κ3) is 3.57. The van der Waals surface area contributed by atoms with E-state index in [1.54, 1.807) is 0 Å². The van der Waals surface area contributed by atoms with Gasteiger partial charge in [0.25, 0.3) is 0 Å².